The maximum Gasteiger partial charge on any atom is 0.0572 e. The standard InChI is InChI=1S/C14H25N3/c1-5-11(4)17(7-3)12-8-9-14(16-10-12)13(15)6-2/h8-11,13H,5-7,15H2,1-4H3. The van der Waals surface area contributed by atoms with Gasteiger partial charge in [-0.05, 0) is 38.8 Å². The molecule has 17 heavy (non-hydrogen) atoms. The van der Waals surface area contributed by atoms with Crippen molar-refractivity contribution in [1.29, 1.82) is 0 Å². The molecule has 3 heteroatoms. The van der Waals surface area contributed by atoms with Crippen LogP contribution in [-0.4, -0.2) is 17.6 Å². The quantitative estimate of drug-likeness (QED) is 0.823. The smallest absolute Gasteiger partial charge is 0.0572 e. The molecule has 0 aliphatic rings. The van der Waals surface area contributed by atoms with Gasteiger partial charge in [-0.25, -0.2) is 0 Å². The molecule has 0 amide bonds. The molecule has 0 aliphatic heterocycles. The molecule has 0 bridgehead atoms. The lowest BCUT2D eigenvalue weighted by Crippen LogP contribution is -2.32. The summed E-state index contributed by atoms with van der Waals surface area (Å²) in [7, 11) is 0. The molecule has 0 fully saturated rings. The maximum absolute atomic E-state index is 5.96. The summed E-state index contributed by atoms with van der Waals surface area (Å²) in [6, 6.07) is 4.79. The van der Waals surface area contributed by atoms with Crippen molar-refractivity contribution in [2.24, 2.45) is 5.73 Å². The van der Waals surface area contributed by atoms with E-state index in [0.29, 0.717) is 6.04 Å². The van der Waals surface area contributed by atoms with E-state index in [1.54, 1.807) is 0 Å². The predicted octanol–water partition coefficient (Wildman–Crippen LogP) is 3.12. The Bertz CT molecular complexity index is 321. The van der Waals surface area contributed by atoms with E-state index >= 15 is 0 Å². The number of hydrogen-bond acceptors (Lipinski definition) is 3. The molecule has 3 nitrogen and oxygen atoms in total. The Morgan fingerprint density at radius 1 is 1.24 bits per heavy atom. The molecule has 2 unspecified atom stereocenters. The summed E-state index contributed by atoms with van der Waals surface area (Å²) in [4.78, 5) is 6.84. The van der Waals surface area contributed by atoms with Crippen molar-refractivity contribution in [2.45, 2.75) is 52.6 Å². The van der Waals surface area contributed by atoms with Gasteiger partial charge in [0.25, 0.3) is 0 Å². The largest absolute Gasteiger partial charge is 0.368 e. The number of nitrogens with zero attached hydrogens (tertiary/aromatic N) is 2. The zero-order chi connectivity index (χ0) is 12.8. The summed E-state index contributed by atoms with van der Waals surface area (Å²) in [5, 5.41) is 0. The summed E-state index contributed by atoms with van der Waals surface area (Å²) in [6.45, 7) is 9.72. The van der Waals surface area contributed by atoms with Crippen LogP contribution in [0, 0.1) is 0 Å². The number of hydrogen-bond donors (Lipinski definition) is 1. The monoisotopic (exact) mass is 235 g/mol. The third kappa shape index (κ3) is 3.43. The molecule has 0 spiro atoms. The molecule has 0 aliphatic carbocycles. The van der Waals surface area contributed by atoms with Crippen LogP contribution >= 0.6 is 0 Å². The molecule has 2 atom stereocenters. The lowest BCUT2D eigenvalue weighted by atomic mass is 10.1. The topological polar surface area (TPSA) is 42.1 Å². The second kappa shape index (κ2) is 6.60. The lowest BCUT2D eigenvalue weighted by Gasteiger charge is -2.29. The fourth-order valence-electron chi connectivity index (χ4n) is 1.96. The van der Waals surface area contributed by atoms with Crippen molar-refractivity contribution in [1.82, 2.24) is 4.98 Å². The summed E-state index contributed by atoms with van der Waals surface area (Å²) in [6.07, 6.45) is 4.01. The molecule has 1 aromatic rings. The minimum atomic E-state index is 0.0581. The fraction of sp³-hybridized carbons (Fsp3) is 0.643. The minimum Gasteiger partial charge on any atom is -0.368 e. The summed E-state index contributed by atoms with van der Waals surface area (Å²) >= 11 is 0. The normalized spacial score (nSPS) is 14.4. The Morgan fingerprint density at radius 2 is 1.94 bits per heavy atom. The molecule has 0 aromatic carbocycles. The number of anilines is 1. The SMILES string of the molecule is CCC(N)c1ccc(N(CC)C(C)CC)cn1. The van der Waals surface area contributed by atoms with Gasteiger partial charge in [-0.3, -0.25) is 4.98 Å². The average molecular weight is 235 g/mol. The lowest BCUT2D eigenvalue weighted by molar-refractivity contribution is 0.626. The van der Waals surface area contributed by atoms with Crippen LogP contribution in [0.4, 0.5) is 5.69 Å². The number of nitrogens with two attached hydrogens (primary N) is 1. The second-order valence-corrected chi connectivity index (χ2v) is 4.50. The van der Waals surface area contributed by atoms with E-state index in [9.17, 15) is 0 Å². The highest BCUT2D eigenvalue weighted by Crippen LogP contribution is 2.19. The van der Waals surface area contributed by atoms with Crippen LogP contribution in [-0.2, 0) is 0 Å². The Morgan fingerprint density at radius 3 is 2.35 bits per heavy atom. The molecular weight excluding hydrogens is 210 g/mol. The molecule has 96 valence electrons. The number of rotatable bonds is 6. The molecule has 0 saturated carbocycles. The second-order valence-electron chi connectivity index (χ2n) is 4.50. The average Bonchev–Trinajstić information content (AvgIpc) is 2.39. The Kier molecular flexibility index (Phi) is 5.42. The van der Waals surface area contributed by atoms with Gasteiger partial charge in [0.2, 0.25) is 0 Å². The Hall–Kier alpha value is -1.09. The van der Waals surface area contributed by atoms with Crippen LogP contribution < -0.4 is 10.6 Å². The summed E-state index contributed by atoms with van der Waals surface area (Å²) in [5.74, 6) is 0. The first-order chi connectivity index (χ1) is 8.13. The molecule has 1 rings (SSSR count). The Balaban J connectivity index is 2.85. The summed E-state index contributed by atoms with van der Waals surface area (Å²) in [5.41, 5.74) is 8.13. The van der Waals surface area contributed by atoms with E-state index in [1.807, 2.05) is 6.20 Å². The zero-order valence-corrected chi connectivity index (χ0v) is 11.5. The van der Waals surface area contributed by atoms with Gasteiger partial charge in [-0.2, -0.15) is 0 Å². The number of pyridine rings is 1. The summed E-state index contributed by atoms with van der Waals surface area (Å²) < 4.78 is 0. The predicted molar refractivity (Wildman–Crippen MR) is 74.2 cm³/mol. The van der Waals surface area contributed by atoms with Gasteiger partial charge in [-0.15, -0.1) is 0 Å². The fourth-order valence-corrected chi connectivity index (χ4v) is 1.96. The minimum absolute atomic E-state index is 0.0581. The van der Waals surface area contributed by atoms with Crippen LogP contribution in [0.15, 0.2) is 18.3 Å². The zero-order valence-electron chi connectivity index (χ0n) is 11.5. The van der Waals surface area contributed by atoms with E-state index in [2.05, 4.69) is 49.7 Å². The van der Waals surface area contributed by atoms with Crippen molar-refractivity contribution in [2.75, 3.05) is 11.4 Å². The first kappa shape index (κ1) is 14.0. The first-order valence-corrected chi connectivity index (χ1v) is 6.62. The van der Waals surface area contributed by atoms with Gasteiger partial charge in [0.1, 0.15) is 0 Å². The van der Waals surface area contributed by atoms with Crippen LogP contribution in [0.25, 0.3) is 0 Å². The maximum atomic E-state index is 5.96. The van der Waals surface area contributed by atoms with E-state index in [0.717, 1.165) is 25.1 Å². The molecule has 1 aromatic heterocycles. The van der Waals surface area contributed by atoms with Crippen LogP contribution in [0.3, 0.4) is 0 Å². The van der Waals surface area contributed by atoms with E-state index < -0.39 is 0 Å². The molecular formula is C14H25N3. The highest BCUT2D eigenvalue weighted by atomic mass is 15.2. The van der Waals surface area contributed by atoms with E-state index in [1.165, 1.54) is 5.69 Å². The highest BCUT2D eigenvalue weighted by Gasteiger charge is 2.12. The van der Waals surface area contributed by atoms with Crippen molar-refractivity contribution < 1.29 is 0 Å². The first-order valence-electron chi connectivity index (χ1n) is 6.62. The third-order valence-corrected chi connectivity index (χ3v) is 3.39. The van der Waals surface area contributed by atoms with Gasteiger partial charge in [0.15, 0.2) is 0 Å². The van der Waals surface area contributed by atoms with Crippen molar-refractivity contribution in [3.05, 3.63) is 24.0 Å². The van der Waals surface area contributed by atoms with Crippen molar-refractivity contribution in [3.63, 3.8) is 0 Å². The number of aromatic nitrogens is 1. The molecule has 1 heterocycles. The van der Waals surface area contributed by atoms with Crippen LogP contribution in [0.1, 0.15) is 52.3 Å². The van der Waals surface area contributed by atoms with E-state index in [4.69, 9.17) is 5.73 Å². The third-order valence-electron chi connectivity index (χ3n) is 3.39. The van der Waals surface area contributed by atoms with Gasteiger partial charge >= 0.3 is 0 Å². The van der Waals surface area contributed by atoms with Crippen LogP contribution in [0.2, 0.25) is 0 Å². The van der Waals surface area contributed by atoms with Gasteiger partial charge in [0, 0.05) is 18.6 Å². The van der Waals surface area contributed by atoms with Gasteiger partial charge < -0.3 is 10.6 Å². The molecule has 0 saturated heterocycles. The molecule has 2 N–H and O–H groups in total. The van der Waals surface area contributed by atoms with Crippen LogP contribution in [0.5, 0.6) is 0 Å². The highest BCUT2D eigenvalue weighted by molar-refractivity contribution is 5.45. The van der Waals surface area contributed by atoms with Crippen molar-refractivity contribution in [3.8, 4) is 0 Å². The van der Waals surface area contributed by atoms with Crippen molar-refractivity contribution >= 4 is 5.69 Å². The van der Waals surface area contributed by atoms with Gasteiger partial charge in [-0.1, -0.05) is 13.8 Å². The molecule has 0 radical (unpaired) electrons. The van der Waals surface area contributed by atoms with E-state index in [-0.39, 0.29) is 6.04 Å². The Labute approximate surface area is 105 Å². The van der Waals surface area contributed by atoms with Gasteiger partial charge in [0.05, 0.1) is 17.6 Å².